The van der Waals surface area contributed by atoms with Crippen molar-refractivity contribution in [3.05, 3.63) is 29.8 Å². The zero-order valence-electron chi connectivity index (χ0n) is 13.3. The van der Waals surface area contributed by atoms with Crippen LogP contribution in [0.3, 0.4) is 0 Å². The van der Waals surface area contributed by atoms with E-state index in [4.69, 9.17) is 0 Å². The Bertz CT molecular complexity index is 574. The van der Waals surface area contributed by atoms with Gasteiger partial charge in [-0.2, -0.15) is 4.31 Å². The minimum atomic E-state index is -3.46. The van der Waals surface area contributed by atoms with Crippen molar-refractivity contribution in [3.63, 3.8) is 0 Å². The molecule has 1 rings (SSSR count). The summed E-state index contributed by atoms with van der Waals surface area (Å²) in [6.45, 7) is 4.28. The van der Waals surface area contributed by atoms with Gasteiger partial charge < -0.3 is 10.6 Å². The molecular weight excluding hydrogens is 326 g/mol. The molecule has 0 atom stereocenters. The van der Waals surface area contributed by atoms with Crippen LogP contribution in [0.4, 0.5) is 0 Å². The van der Waals surface area contributed by atoms with Crippen molar-refractivity contribution in [1.82, 2.24) is 14.9 Å². The van der Waals surface area contributed by atoms with Crippen LogP contribution in [0.5, 0.6) is 0 Å². The number of hydrogen-bond acceptors (Lipinski definition) is 4. The van der Waals surface area contributed by atoms with E-state index in [9.17, 15) is 13.2 Å². The van der Waals surface area contributed by atoms with Gasteiger partial charge in [0, 0.05) is 19.6 Å². The van der Waals surface area contributed by atoms with Gasteiger partial charge in [-0.3, -0.25) is 4.79 Å². The first-order chi connectivity index (χ1) is 9.78. The minimum Gasteiger partial charge on any atom is -0.351 e. The van der Waals surface area contributed by atoms with E-state index < -0.39 is 10.0 Å². The molecule has 0 unspecified atom stereocenters. The molecule has 126 valence electrons. The number of halogens is 1. The van der Waals surface area contributed by atoms with Crippen molar-refractivity contribution in [2.75, 3.05) is 20.6 Å². The lowest BCUT2D eigenvalue weighted by atomic mass is 10.2. The normalized spacial score (nSPS) is 11.4. The van der Waals surface area contributed by atoms with Crippen LogP contribution < -0.4 is 10.6 Å². The monoisotopic (exact) mass is 349 g/mol. The molecule has 1 aromatic rings. The SMILES string of the molecule is CNCC(=O)NCc1ccc(S(=O)(=O)N(C)C(C)C)cc1.Cl. The van der Waals surface area contributed by atoms with Gasteiger partial charge in [0.25, 0.3) is 0 Å². The van der Waals surface area contributed by atoms with Crippen LogP contribution in [0.1, 0.15) is 19.4 Å². The van der Waals surface area contributed by atoms with Crippen molar-refractivity contribution in [2.45, 2.75) is 31.3 Å². The summed E-state index contributed by atoms with van der Waals surface area (Å²) in [4.78, 5) is 11.6. The zero-order chi connectivity index (χ0) is 16.0. The number of carbonyl (C=O) groups excluding carboxylic acids is 1. The summed E-state index contributed by atoms with van der Waals surface area (Å²) in [5, 5.41) is 5.50. The Morgan fingerprint density at radius 2 is 1.77 bits per heavy atom. The van der Waals surface area contributed by atoms with E-state index in [1.807, 2.05) is 13.8 Å². The van der Waals surface area contributed by atoms with Crippen LogP contribution in [-0.2, 0) is 21.4 Å². The van der Waals surface area contributed by atoms with Crippen molar-refractivity contribution < 1.29 is 13.2 Å². The second kappa shape index (κ2) is 9.09. The van der Waals surface area contributed by atoms with E-state index in [2.05, 4.69) is 10.6 Å². The average Bonchev–Trinajstić information content (AvgIpc) is 2.45. The van der Waals surface area contributed by atoms with Crippen LogP contribution in [0.25, 0.3) is 0 Å². The summed E-state index contributed by atoms with van der Waals surface area (Å²) in [6, 6.07) is 6.44. The molecule has 1 aromatic carbocycles. The molecule has 0 radical (unpaired) electrons. The highest BCUT2D eigenvalue weighted by Gasteiger charge is 2.22. The highest BCUT2D eigenvalue weighted by Crippen LogP contribution is 2.17. The summed E-state index contributed by atoms with van der Waals surface area (Å²) >= 11 is 0. The van der Waals surface area contributed by atoms with Gasteiger partial charge in [-0.15, -0.1) is 12.4 Å². The first-order valence-electron chi connectivity index (χ1n) is 6.77. The van der Waals surface area contributed by atoms with E-state index in [1.165, 1.54) is 4.31 Å². The molecule has 0 aromatic heterocycles. The van der Waals surface area contributed by atoms with Gasteiger partial charge in [0.05, 0.1) is 11.4 Å². The van der Waals surface area contributed by atoms with Gasteiger partial charge in [0.15, 0.2) is 0 Å². The fraction of sp³-hybridized carbons (Fsp3) is 0.500. The predicted molar refractivity (Wildman–Crippen MR) is 89.5 cm³/mol. The lowest BCUT2D eigenvalue weighted by molar-refractivity contribution is -0.120. The molecule has 0 fully saturated rings. The van der Waals surface area contributed by atoms with Gasteiger partial charge in [-0.25, -0.2) is 8.42 Å². The first kappa shape index (κ1) is 20.9. The third kappa shape index (κ3) is 5.57. The summed E-state index contributed by atoms with van der Waals surface area (Å²) in [5.41, 5.74) is 0.852. The lowest BCUT2D eigenvalue weighted by Gasteiger charge is -2.21. The van der Waals surface area contributed by atoms with E-state index in [0.29, 0.717) is 6.54 Å². The molecule has 0 saturated heterocycles. The number of carbonyl (C=O) groups is 1. The van der Waals surface area contributed by atoms with Crippen LogP contribution in [0, 0.1) is 0 Å². The Morgan fingerprint density at radius 1 is 1.23 bits per heavy atom. The summed E-state index contributed by atoms with van der Waals surface area (Å²) in [6.07, 6.45) is 0. The molecule has 0 aliphatic carbocycles. The number of nitrogens with one attached hydrogen (secondary N) is 2. The number of sulfonamides is 1. The Kier molecular flexibility index (Phi) is 8.62. The molecule has 0 heterocycles. The summed E-state index contributed by atoms with van der Waals surface area (Å²) < 4.78 is 25.9. The third-order valence-electron chi connectivity index (χ3n) is 3.15. The smallest absolute Gasteiger partial charge is 0.243 e. The van der Waals surface area contributed by atoms with Crippen molar-refractivity contribution in [2.24, 2.45) is 0 Å². The van der Waals surface area contributed by atoms with Crippen molar-refractivity contribution in [3.8, 4) is 0 Å². The van der Waals surface area contributed by atoms with E-state index in [0.717, 1.165) is 5.56 Å². The van der Waals surface area contributed by atoms with Crippen LogP contribution in [-0.4, -0.2) is 45.3 Å². The Labute approximate surface area is 138 Å². The second-order valence-electron chi connectivity index (χ2n) is 5.07. The maximum atomic E-state index is 12.3. The zero-order valence-corrected chi connectivity index (χ0v) is 14.9. The van der Waals surface area contributed by atoms with Crippen LogP contribution in [0.2, 0.25) is 0 Å². The number of likely N-dealkylation sites (N-methyl/N-ethyl adjacent to an activating group) is 1. The Balaban J connectivity index is 0.00000441. The third-order valence-corrected chi connectivity index (χ3v) is 5.20. The predicted octanol–water partition coefficient (Wildman–Crippen LogP) is 0.973. The molecule has 0 saturated carbocycles. The first-order valence-corrected chi connectivity index (χ1v) is 8.21. The number of amides is 1. The van der Waals surface area contributed by atoms with Crippen molar-refractivity contribution in [1.29, 1.82) is 0 Å². The number of hydrogen-bond donors (Lipinski definition) is 2. The van der Waals surface area contributed by atoms with Crippen LogP contribution in [0.15, 0.2) is 29.2 Å². The molecule has 6 nitrogen and oxygen atoms in total. The molecular formula is C14H24ClN3O3S. The average molecular weight is 350 g/mol. The largest absolute Gasteiger partial charge is 0.351 e. The molecule has 0 spiro atoms. The fourth-order valence-corrected chi connectivity index (χ4v) is 3.01. The number of benzene rings is 1. The molecule has 8 heteroatoms. The fourth-order valence-electron chi connectivity index (χ4n) is 1.65. The van der Waals surface area contributed by atoms with Gasteiger partial charge >= 0.3 is 0 Å². The van der Waals surface area contributed by atoms with Crippen molar-refractivity contribution >= 4 is 28.3 Å². The lowest BCUT2D eigenvalue weighted by Crippen LogP contribution is -2.33. The van der Waals surface area contributed by atoms with E-state index in [-0.39, 0.29) is 35.8 Å². The van der Waals surface area contributed by atoms with Gasteiger partial charge in [-0.05, 0) is 38.6 Å². The van der Waals surface area contributed by atoms with Crippen LogP contribution >= 0.6 is 12.4 Å². The summed E-state index contributed by atoms with van der Waals surface area (Å²) in [5.74, 6) is -0.103. The number of nitrogens with zero attached hydrogens (tertiary/aromatic N) is 1. The standard InChI is InChI=1S/C14H23N3O3S.ClH/c1-11(2)17(4)21(19,20)13-7-5-12(6-8-13)9-16-14(18)10-15-3;/h5-8,11,15H,9-10H2,1-4H3,(H,16,18);1H. The maximum absolute atomic E-state index is 12.3. The van der Waals surface area contributed by atoms with E-state index in [1.54, 1.807) is 38.4 Å². The van der Waals surface area contributed by atoms with Gasteiger partial charge in [0.2, 0.25) is 15.9 Å². The minimum absolute atomic E-state index is 0. The quantitative estimate of drug-likeness (QED) is 0.769. The molecule has 2 N–H and O–H groups in total. The molecule has 22 heavy (non-hydrogen) atoms. The number of rotatable bonds is 7. The summed E-state index contributed by atoms with van der Waals surface area (Å²) in [7, 11) is -0.199. The maximum Gasteiger partial charge on any atom is 0.243 e. The Morgan fingerprint density at radius 3 is 2.23 bits per heavy atom. The molecule has 0 aliphatic rings. The molecule has 0 bridgehead atoms. The highest BCUT2D eigenvalue weighted by atomic mass is 35.5. The Hall–Kier alpha value is -1.15. The molecule has 1 amide bonds. The topological polar surface area (TPSA) is 78.5 Å². The van der Waals surface area contributed by atoms with Gasteiger partial charge in [-0.1, -0.05) is 12.1 Å². The second-order valence-corrected chi connectivity index (χ2v) is 7.06. The molecule has 0 aliphatic heterocycles. The van der Waals surface area contributed by atoms with Gasteiger partial charge in [0.1, 0.15) is 0 Å². The highest BCUT2D eigenvalue weighted by molar-refractivity contribution is 7.89. The van der Waals surface area contributed by atoms with E-state index >= 15 is 0 Å².